The van der Waals surface area contributed by atoms with Crippen molar-refractivity contribution in [3.63, 3.8) is 0 Å². The maximum atomic E-state index is 14.0. The standard InChI is InChI=1S/C36H32N2O5/c1-36(2,3)43-35(41)38-29(20-24-21-37-28-15-9-8-12-25(24)28)34(40)42-31-19-17-23-11-5-7-14-27(23)33(31)32-26-13-6-4-10-22(26)16-18-30(32)39/h4-19,21,29,37,39H,20H2,1-3H3,(H,38,41)/t29-/m0/s1. The van der Waals surface area contributed by atoms with E-state index >= 15 is 0 Å². The molecule has 1 atom stereocenters. The van der Waals surface area contributed by atoms with Gasteiger partial charge in [0, 0.05) is 34.6 Å². The molecular formula is C36H32N2O5. The van der Waals surface area contributed by atoms with Crippen molar-refractivity contribution < 1.29 is 24.2 Å². The molecule has 43 heavy (non-hydrogen) atoms. The van der Waals surface area contributed by atoms with Gasteiger partial charge in [-0.1, -0.05) is 78.9 Å². The molecular weight excluding hydrogens is 540 g/mol. The molecule has 1 amide bonds. The third-order valence-corrected chi connectivity index (χ3v) is 7.33. The second kappa shape index (κ2) is 11.2. The van der Waals surface area contributed by atoms with Gasteiger partial charge in [0.05, 0.1) is 0 Å². The van der Waals surface area contributed by atoms with Gasteiger partial charge in [-0.3, -0.25) is 0 Å². The lowest BCUT2D eigenvalue weighted by Gasteiger charge is -2.23. The fourth-order valence-electron chi connectivity index (χ4n) is 5.46. The Morgan fingerprint density at radius 1 is 0.791 bits per heavy atom. The predicted octanol–water partition coefficient (Wildman–Crippen LogP) is 7.89. The zero-order valence-corrected chi connectivity index (χ0v) is 24.2. The Labute approximate surface area is 249 Å². The number of esters is 1. The molecule has 1 aromatic heterocycles. The molecule has 0 saturated carbocycles. The first-order valence-electron chi connectivity index (χ1n) is 14.2. The largest absolute Gasteiger partial charge is 0.507 e. The number of aromatic nitrogens is 1. The Kier molecular flexibility index (Phi) is 7.24. The summed E-state index contributed by atoms with van der Waals surface area (Å²) < 4.78 is 11.6. The van der Waals surface area contributed by atoms with Gasteiger partial charge in [-0.05, 0) is 66.1 Å². The van der Waals surface area contributed by atoms with E-state index in [0.717, 1.165) is 38.0 Å². The van der Waals surface area contributed by atoms with Crippen LogP contribution in [0.4, 0.5) is 4.79 Å². The van der Waals surface area contributed by atoms with Crippen LogP contribution in [0.15, 0.2) is 103 Å². The van der Waals surface area contributed by atoms with Crippen LogP contribution in [0.3, 0.4) is 0 Å². The highest BCUT2D eigenvalue weighted by molar-refractivity contribution is 6.10. The number of aromatic hydroxyl groups is 1. The lowest BCUT2D eigenvalue weighted by Crippen LogP contribution is -2.46. The molecule has 7 nitrogen and oxygen atoms in total. The third-order valence-electron chi connectivity index (χ3n) is 7.33. The molecule has 0 aliphatic heterocycles. The first kappa shape index (κ1) is 27.8. The molecule has 216 valence electrons. The van der Waals surface area contributed by atoms with E-state index in [1.807, 2.05) is 91.1 Å². The summed E-state index contributed by atoms with van der Waals surface area (Å²) in [6, 6.07) is 29.3. The summed E-state index contributed by atoms with van der Waals surface area (Å²) in [4.78, 5) is 30.1. The van der Waals surface area contributed by atoms with Crippen LogP contribution in [0, 0.1) is 0 Å². The quantitative estimate of drug-likeness (QED) is 0.139. The van der Waals surface area contributed by atoms with Crippen molar-refractivity contribution in [3.05, 3.63) is 109 Å². The van der Waals surface area contributed by atoms with Gasteiger partial charge in [0.2, 0.25) is 0 Å². The van der Waals surface area contributed by atoms with Crippen molar-refractivity contribution in [1.82, 2.24) is 10.3 Å². The highest BCUT2D eigenvalue weighted by Gasteiger charge is 2.29. The minimum absolute atomic E-state index is 0.0644. The zero-order valence-electron chi connectivity index (χ0n) is 24.2. The molecule has 0 radical (unpaired) electrons. The Morgan fingerprint density at radius 2 is 1.40 bits per heavy atom. The van der Waals surface area contributed by atoms with E-state index < -0.39 is 23.7 Å². The van der Waals surface area contributed by atoms with Gasteiger partial charge >= 0.3 is 12.1 Å². The van der Waals surface area contributed by atoms with E-state index in [2.05, 4.69) is 10.3 Å². The Hall–Kier alpha value is -5.30. The number of phenolic OH excluding ortho intramolecular Hbond substituents is 1. The summed E-state index contributed by atoms with van der Waals surface area (Å²) in [5.41, 5.74) is 2.16. The number of carbonyl (C=O) groups excluding carboxylic acids is 2. The van der Waals surface area contributed by atoms with E-state index in [1.165, 1.54) is 0 Å². The average Bonchev–Trinajstić information content (AvgIpc) is 3.39. The molecule has 0 fully saturated rings. The molecule has 0 saturated heterocycles. The maximum Gasteiger partial charge on any atom is 0.408 e. The maximum absolute atomic E-state index is 14.0. The van der Waals surface area contributed by atoms with Crippen LogP contribution in [0.25, 0.3) is 43.6 Å². The number of rotatable bonds is 6. The van der Waals surface area contributed by atoms with Crippen molar-refractivity contribution in [2.45, 2.75) is 38.8 Å². The highest BCUT2D eigenvalue weighted by Crippen LogP contribution is 2.45. The molecule has 0 aliphatic rings. The van der Waals surface area contributed by atoms with Crippen molar-refractivity contribution in [2.24, 2.45) is 0 Å². The van der Waals surface area contributed by atoms with Crippen LogP contribution in [0.5, 0.6) is 11.5 Å². The summed E-state index contributed by atoms with van der Waals surface area (Å²) >= 11 is 0. The lowest BCUT2D eigenvalue weighted by molar-refractivity contribution is -0.136. The molecule has 1 heterocycles. The number of ether oxygens (including phenoxy) is 2. The zero-order chi connectivity index (χ0) is 30.1. The monoisotopic (exact) mass is 572 g/mol. The summed E-state index contributed by atoms with van der Waals surface area (Å²) in [5.74, 6) is -0.327. The average molecular weight is 573 g/mol. The summed E-state index contributed by atoms with van der Waals surface area (Å²) in [7, 11) is 0. The smallest absolute Gasteiger partial charge is 0.408 e. The van der Waals surface area contributed by atoms with E-state index in [0.29, 0.717) is 11.1 Å². The molecule has 0 bridgehead atoms. The number of benzene rings is 5. The van der Waals surface area contributed by atoms with Gasteiger partial charge < -0.3 is 24.9 Å². The fraction of sp³-hybridized carbons (Fsp3) is 0.167. The van der Waals surface area contributed by atoms with Crippen LogP contribution < -0.4 is 10.1 Å². The van der Waals surface area contributed by atoms with Crippen molar-refractivity contribution in [3.8, 4) is 22.6 Å². The van der Waals surface area contributed by atoms with E-state index in [-0.39, 0.29) is 17.9 Å². The summed E-state index contributed by atoms with van der Waals surface area (Å²) in [6.45, 7) is 5.28. The van der Waals surface area contributed by atoms with Crippen LogP contribution in [0.2, 0.25) is 0 Å². The summed E-state index contributed by atoms with van der Waals surface area (Å²) in [6.07, 6.45) is 1.28. The first-order chi connectivity index (χ1) is 20.7. The van der Waals surface area contributed by atoms with Gasteiger partial charge in [0.25, 0.3) is 0 Å². The van der Waals surface area contributed by atoms with Gasteiger partial charge in [0.1, 0.15) is 23.1 Å². The van der Waals surface area contributed by atoms with Crippen LogP contribution in [-0.2, 0) is 16.0 Å². The minimum atomic E-state index is -1.06. The normalized spacial score (nSPS) is 12.3. The number of hydrogen-bond acceptors (Lipinski definition) is 5. The van der Waals surface area contributed by atoms with E-state index in [1.54, 1.807) is 32.9 Å². The number of alkyl carbamates (subject to hydrolysis) is 1. The molecule has 0 aliphatic carbocycles. The Morgan fingerprint density at radius 3 is 2.09 bits per heavy atom. The third kappa shape index (κ3) is 5.75. The molecule has 6 aromatic rings. The number of carbonyl (C=O) groups is 2. The Balaban J connectivity index is 1.43. The van der Waals surface area contributed by atoms with Gasteiger partial charge in [-0.15, -0.1) is 0 Å². The van der Waals surface area contributed by atoms with Crippen molar-refractivity contribution in [2.75, 3.05) is 0 Å². The lowest BCUT2D eigenvalue weighted by atomic mass is 9.92. The van der Waals surface area contributed by atoms with Gasteiger partial charge in [-0.25, -0.2) is 9.59 Å². The van der Waals surface area contributed by atoms with E-state index in [4.69, 9.17) is 9.47 Å². The van der Waals surface area contributed by atoms with Crippen LogP contribution in [0.1, 0.15) is 26.3 Å². The van der Waals surface area contributed by atoms with Gasteiger partial charge in [-0.2, -0.15) is 0 Å². The predicted molar refractivity (Wildman–Crippen MR) is 169 cm³/mol. The van der Waals surface area contributed by atoms with Gasteiger partial charge in [0.15, 0.2) is 0 Å². The second-order valence-electron chi connectivity index (χ2n) is 11.5. The minimum Gasteiger partial charge on any atom is -0.507 e. The number of aromatic amines is 1. The molecule has 5 aromatic carbocycles. The Bertz CT molecular complexity index is 1990. The molecule has 3 N–H and O–H groups in total. The number of amides is 1. The molecule has 0 spiro atoms. The topological polar surface area (TPSA) is 101 Å². The number of nitrogens with one attached hydrogen (secondary N) is 2. The number of para-hydroxylation sites is 1. The molecule has 7 heteroatoms. The van der Waals surface area contributed by atoms with Crippen LogP contribution in [-0.4, -0.2) is 33.8 Å². The fourth-order valence-corrected chi connectivity index (χ4v) is 5.46. The molecule has 6 rings (SSSR count). The molecule has 0 unspecified atom stereocenters. The highest BCUT2D eigenvalue weighted by atomic mass is 16.6. The number of H-pyrrole nitrogens is 1. The first-order valence-corrected chi connectivity index (χ1v) is 14.2. The SMILES string of the molecule is CC(C)(C)OC(=O)N[C@@H](Cc1c[nH]c2ccccc12)C(=O)Oc1ccc2ccccc2c1-c1c(O)ccc2ccccc12. The number of hydrogen-bond donors (Lipinski definition) is 3. The summed E-state index contributed by atoms with van der Waals surface area (Å²) in [5, 5.41) is 18.3. The number of phenols is 1. The van der Waals surface area contributed by atoms with Crippen LogP contribution >= 0.6 is 0 Å². The van der Waals surface area contributed by atoms with Crippen molar-refractivity contribution >= 4 is 44.5 Å². The van der Waals surface area contributed by atoms with Crippen molar-refractivity contribution in [1.29, 1.82) is 0 Å². The number of fused-ring (bicyclic) bond motifs is 3. The second-order valence-corrected chi connectivity index (χ2v) is 11.5. The van der Waals surface area contributed by atoms with E-state index in [9.17, 15) is 14.7 Å².